The van der Waals surface area contributed by atoms with Crippen LogP contribution < -0.4 is 14.8 Å². The molecule has 0 aromatic heterocycles. The molecule has 0 aliphatic carbocycles. The number of ether oxygens (including phenoxy) is 2. The molecule has 27 heavy (non-hydrogen) atoms. The Bertz CT molecular complexity index is 886. The molecule has 0 aliphatic heterocycles. The predicted octanol–water partition coefficient (Wildman–Crippen LogP) is 4.96. The summed E-state index contributed by atoms with van der Waals surface area (Å²) in [5, 5.41) is 12.1. The Morgan fingerprint density at radius 2 is 2.04 bits per heavy atom. The zero-order valence-corrected chi connectivity index (χ0v) is 16.5. The highest BCUT2D eigenvalue weighted by atomic mass is 79.9. The zero-order valence-electron chi connectivity index (χ0n) is 14.9. The van der Waals surface area contributed by atoms with Gasteiger partial charge in [-0.3, -0.25) is 4.79 Å². The second-order valence-electron chi connectivity index (χ2n) is 5.35. The van der Waals surface area contributed by atoms with Crippen LogP contribution in [0.3, 0.4) is 0 Å². The molecular weight excluding hydrogens is 408 g/mol. The summed E-state index contributed by atoms with van der Waals surface area (Å²) in [6.07, 6.45) is 3.14. The maximum absolute atomic E-state index is 12.4. The van der Waals surface area contributed by atoms with Gasteiger partial charge < -0.3 is 14.8 Å². The Kier molecular flexibility index (Phi) is 7.65. The van der Waals surface area contributed by atoms with Gasteiger partial charge in [-0.15, -0.1) is 0 Å². The number of carbonyl (C=O) groups excluding carboxylic acids is 1. The van der Waals surface area contributed by atoms with Gasteiger partial charge in [-0.25, -0.2) is 0 Å². The first-order valence-electron chi connectivity index (χ1n) is 8.27. The second-order valence-corrected chi connectivity index (χ2v) is 6.21. The quantitative estimate of drug-likeness (QED) is 0.367. The summed E-state index contributed by atoms with van der Waals surface area (Å²) in [5.74, 6) is 0.576. The predicted molar refractivity (Wildman–Crippen MR) is 110 cm³/mol. The van der Waals surface area contributed by atoms with E-state index in [1.807, 2.05) is 19.1 Å². The van der Waals surface area contributed by atoms with Crippen LogP contribution in [0.25, 0.3) is 6.08 Å². The van der Waals surface area contributed by atoms with Gasteiger partial charge in [-0.2, -0.15) is 5.26 Å². The van der Waals surface area contributed by atoms with Gasteiger partial charge in [0.25, 0.3) is 5.91 Å². The van der Waals surface area contributed by atoms with Crippen molar-refractivity contribution in [3.8, 4) is 17.6 Å². The first-order chi connectivity index (χ1) is 13.1. The molecule has 6 heteroatoms. The van der Waals surface area contributed by atoms with Crippen molar-refractivity contribution in [3.05, 3.63) is 70.7 Å². The molecule has 2 aromatic carbocycles. The Morgan fingerprint density at radius 3 is 2.67 bits per heavy atom. The van der Waals surface area contributed by atoms with Crippen LogP contribution >= 0.6 is 15.9 Å². The van der Waals surface area contributed by atoms with E-state index in [1.54, 1.807) is 42.5 Å². The van der Waals surface area contributed by atoms with Gasteiger partial charge in [0.15, 0.2) is 11.5 Å². The third-order valence-electron chi connectivity index (χ3n) is 3.38. The summed E-state index contributed by atoms with van der Waals surface area (Å²) in [5.41, 5.74) is 1.23. The van der Waals surface area contributed by atoms with Crippen molar-refractivity contribution in [2.24, 2.45) is 0 Å². The molecule has 0 atom stereocenters. The summed E-state index contributed by atoms with van der Waals surface area (Å²) in [4.78, 5) is 12.4. The summed E-state index contributed by atoms with van der Waals surface area (Å²) >= 11 is 3.45. The molecule has 2 rings (SSSR count). The van der Waals surface area contributed by atoms with Crippen molar-refractivity contribution < 1.29 is 14.3 Å². The molecule has 0 radical (unpaired) electrons. The lowest BCUT2D eigenvalue weighted by Crippen LogP contribution is -2.13. The van der Waals surface area contributed by atoms with Crippen molar-refractivity contribution in [1.29, 1.82) is 5.26 Å². The monoisotopic (exact) mass is 426 g/mol. The normalized spacial score (nSPS) is 10.6. The van der Waals surface area contributed by atoms with Crippen LogP contribution in [-0.4, -0.2) is 19.1 Å². The minimum atomic E-state index is -0.482. The number of nitrogens with one attached hydrogen (secondary N) is 1. The van der Waals surface area contributed by atoms with Gasteiger partial charge in [0.1, 0.15) is 18.2 Å². The fraction of sp³-hybridized carbons (Fsp3) is 0.143. The zero-order chi connectivity index (χ0) is 19.6. The summed E-state index contributed by atoms with van der Waals surface area (Å²) < 4.78 is 11.9. The van der Waals surface area contributed by atoms with Crippen molar-refractivity contribution in [2.75, 3.05) is 18.5 Å². The standard InChI is InChI=1S/C21H19BrN2O3/c1-3-10-27-20-18(22)12-15(13-19(20)26-4-2)11-16(14-23)21(25)24-17-8-6-5-7-9-17/h3,5-9,11-13H,1,4,10H2,2H3,(H,24,25)/b16-11-. The highest BCUT2D eigenvalue weighted by Gasteiger charge is 2.14. The van der Waals surface area contributed by atoms with Crippen LogP contribution in [0.1, 0.15) is 12.5 Å². The van der Waals surface area contributed by atoms with Gasteiger partial charge >= 0.3 is 0 Å². The highest BCUT2D eigenvalue weighted by Crippen LogP contribution is 2.37. The van der Waals surface area contributed by atoms with Gasteiger partial charge in [-0.1, -0.05) is 30.9 Å². The van der Waals surface area contributed by atoms with Crippen LogP contribution in [0.2, 0.25) is 0 Å². The van der Waals surface area contributed by atoms with Crippen LogP contribution in [-0.2, 0) is 4.79 Å². The molecule has 0 bridgehead atoms. The third-order valence-corrected chi connectivity index (χ3v) is 3.97. The number of carbonyl (C=O) groups is 1. The Morgan fingerprint density at radius 1 is 1.30 bits per heavy atom. The number of halogens is 1. The number of nitriles is 1. The number of hydrogen-bond acceptors (Lipinski definition) is 4. The average Bonchev–Trinajstić information content (AvgIpc) is 2.66. The average molecular weight is 427 g/mol. The van der Waals surface area contributed by atoms with Crippen molar-refractivity contribution >= 4 is 33.6 Å². The molecule has 0 spiro atoms. The molecule has 0 saturated heterocycles. The topological polar surface area (TPSA) is 71.3 Å². The lowest BCUT2D eigenvalue weighted by atomic mass is 10.1. The molecule has 5 nitrogen and oxygen atoms in total. The van der Waals surface area contributed by atoms with E-state index in [4.69, 9.17) is 9.47 Å². The van der Waals surface area contributed by atoms with E-state index in [0.29, 0.717) is 40.4 Å². The molecule has 0 unspecified atom stereocenters. The number of anilines is 1. The molecule has 2 aromatic rings. The molecule has 1 N–H and O–H groups in total. The summed E-state index contributed by atoms with van der Waals surface area (Å²) in [6.45, 7) is 6.27. The van der Waals surface area contributed by atoms with E-state index in [9.17, 15) is 10.1 Å². The number of para-hydroxylation sites is 1. The fourth-order valence-corrected chi connectivity index (χ4v) is 2.83. The smallest absolute Gasteiger partial charge is 0.266 e. The number of benzene rings is 2. The second kappa shape index (κ2) is 10.2. The van der Waals surface area contributed by atoms with E-state index in [0.717, 1.165) is 0 Å². The maximum Gasteiger partial charge on any atom is 0.266 e. The SMILES string of the molecule is C=CCOc1c(Br)cc(/C=C(/C#N)C(=O)Nc2ccccc2)cc1OCC. The first-order valence-corrected chi connectivity index (χ1v) is 9.06. The van der Waals surface area contributed by atoms with E-state index in [2.05, 4.69) is 27.8 Å². The fourth-order valence-electron chi connectivity index (χ4n) is 2.25. The van der Waals surface area contributed by atoms with Crippen molar-refractivity contribution in [1.82, 2.24) is 0 Å². The Labute approximate surface area is 167 Å². The summed E-state index contributed by atoms with van der Waals surface area (Å²) in [7, 11) is 0. The van der Waals surface area contributed by atoms with Gasteiger partial charge in [0, 0.05) is 5.69 Å². The number of amides is 1. The van der Waals surface area contributed by atoms with Crippen molar-refractivity contribution in [2.45, 2.75) is 6.92 Å². The molecule has 1 amide bonds. The lowest BCUT2D eigenvalue weighted by Gasteiger charge is -2.14. The van der Waals surface area contributed by atoms with Gasteiger partial charge in [-0.05, 0) is 58.8 Å². The molecule has 0 aliphatic rings. The molecule has 0 saturated carbocycles. The minimum absolute atomic E-state index is 0.0204. The van der Waals surface area contributed by atoms with Crippen LogP contribution in [0.15, 0.2) is 65.2 Å². The van der Waals surface area contributed by atoms with Crippen LogP contribution in [0.4, 0.5) is 5.69 Å². The van der Waals surface area contributed by atoms with Gasteiger partial charge in [0.2, 0.25) is 0 Å². The number of rotatable bonds is 8. The lowest BCUT2D eigenvalue weighted by molar-refractivity contribution is -0.112. The maximum atomic E-state index is 12.4. The molecule has 0 heterocycles. The molecule has 138 valence electrons. The largest absolute Gasteiger partial charge is 0.490 e. The van der Waals surface area contributed by atoms with Gasteiger partial charge in [0.05, 0.1) is 11.1 Å². The van der Waals surface area contributed by atoms with E-state index >= 15 is 0 Å². The van der Waals surface area contributed by atoms with Crippen molar-refractivity contribution in [3.63, 3.8) is 0 Å². The number of nitrogens with zero attached hydrogens (tertiary/aromatic N) is 1. The third kappa shape index (κ3) is 5.73. The Hall–Kier alpha value is -3.04. The first kappa shape index (κ1) is 20.3. The minimum Gasteiger partial charge on any atom is -0.490 e. The van der Waals surface area contributed by atoms with E-state index in [-0.39, 0.29) is 5.57 Å². The molecular formula is C21H19BrN2O3. The Balaban J connectivity index is 2.32. The van der Waals surface area contributed by atoms with E-state index in [1.165, 1.54) is 6.08 Å². The molecule has 0 fully saturated rings. The van der Waals surface area contributed by atoms with E-state index < -0.39 is 5.91 Å². The highest BCUT2D eigenvalue weighted by molar-refractivity contribution is 9.10. The summed E-state index contributed by atoms with van der Waals surface area (Å²) in [6, 6.07) is 14.4. The van der Waals surface area contributed by atoms with Crippen LogP contribution in [0.5, 0.6) is 11.5 Å². The number of hydrogen-bond donors (Lipinski definition) is 1. The van der Waals surface area contributed by atoms with Crippen LogP contribution in [0, 0.1) is 11.3 Å².